The van der Waals surface area contributed by atoms with Crippen LogP contribution in [0.2, 0.25) is 0 Å². The number of piperazine rings is 1. The number of hydrogen-bond donors (Lipinski definition) is 2. The number of imide groups is 1. The molecule has 1 atom stereocenters. The first-order valence-corrected chi connectivity index (χ1v) is 16.4. The number of carbonyl (C=O) groups excluding carboxylic acids is 3. The van der Waals surface area contributed by atoms with Gasteiger partial charge in [-0.1, -0.05) is 19.3 Å². The van der Waals surface area contributed by atoms with Crippen molar-refractivity contribution in [2.45, 2.75) is 57.0 Å². The highest BCUT2D eigenvalue weighted by Crippen LogP contribution is 2.27. The van der Waals surface area contributed by atoms with Crippen LogP contribution in [-0.4, -0.2) is 84.3 Å². The second-order valence-corrected chi connectivity index (χ2v) is 13.0. The molecule has 4 heterocycles. The first-order chi connectivity index (χ1) is 21.9. The lowest BCUT2D eigenvalue weighted by atomic mass is 9.95. The summed E-state index contributed by atoms with van der Waals surface area (Å²) in [4.78, 5) is 56.9. The molecule has 2 aromatic carbocycles. The second kappa shape index (κ2) is 12.6. The smallest absolute Gasteiger partial charge is 0.275 e. The van der Waals surface area contributed by atoms with Crippen LogP contribution in [0.5, 0.6) is 0 Å². The third-order valence-corrected chi connectivity index (χ3v) is 9.95. The van der Waals surface area contributed by atoms with Crippen molar-refractivity contribution in [3.05, 3.63) is 64.6 Å². The molecule has 1 unspecified atom stereocenters. The van der Waals surface area contributed by atoms with Gasteiger partial charge in [0.1, 0.15) is 6.04 Å². The third kappa shape index (κ3) is 6.31. The lowest BCUT2D eigenvalue weighted by Crippen LogP contribution is -2.55. The number of aromatic nitrogens is 2. The Morgan fingerprint density at radius 3 is 2.33 bits per heavy atom. The van der Waals surface area contributed by atoms with Gasteiger partial charge in [0.05, 0.1) is 11.6 Å². The number of rotatable bonds is 7. The van der Waals surface area contributed by atoms with E-state index in [-0.39, 0.29) is 30.2 Å². The van der Waals surface area contributed by atoms with Gasteiger partial charge in [0, 0.05) is 86.5 Å². The zero-order valence-corrected chi connectivity index (χ0v) is 25.6. The van der Waals surface area contributed by atoms with Gasteiger partial charge in [-0.25, -0.2) is 4.68 Å². The minimum absolute atomic E-state index is 0.0440. The topological polar surface area (TPSA) is 120 Å². The van der Waals surface area contributed by atoms with Gasteiger partial charge in [-0.05, 0) is 61.7 Å². The Morgan fingerprint density at radius 2 is 1.60 bits per heavy atom. The maximum absolute atomic E-state index is 13.1. The summed E-state index contributed by atoms with van der Waals surface area (Å²) in [5.41, 5.74) is 2.67. The maximum atomic E-state index is 13.1. The van der Waals surface area contributed by atoms with E-state index in [0.717, 1.165) is 75.3 Å². The number of benzene rings is 2. The Labute approximate surface area is 262 Å². The molecular weight excluding hydrogens is 570 g/mol. The normalized spacial score (nSPS) is 21.9. The Morgan fingerprint density at radius 1 is 0.867 bits per heavy atom. The van der Waals surface area contributed by atoms with Crippen LogP contribution in [-0.2, 0) is 9.59 Å². The molecule has 0 spiro atoms. The van der Waals surface area contributed by atoms with Crippen LogP contribution in [0, 0.1) is 5.92 Å². The van der Waals surface area contributed by atoms with Crippen molar-refractivity contribution in [2.75, 3.05) is 55.6 Å². The summed E-state index contributed by atoms with van der Waals surface area (Å²) in [5.74, 6) is -0.122. The first-order valence-electron chi connectivity index (χ1n) is 16.4. The van der Waals surface area contributed by atoms with Crippen LogP contribution < -0.4 is 26.0 Å². The van der Waals surface area contributed by atoms with Gasteiger partial charge < -0.3 is 15.1 Å². The van der Waals surface area contributed by atoms with Gasteiger partial charge in [-0.15, -0.1) is 0 Å². The van der Waals surface area contributed by atoms with E-state index in [1.165, 1.54) is 29.6 Å². The molecule has 1 aliphatic carbocycles. The summed E-state index contributed by atoms with van der Waals surface area (Å²) < 4.78 is 1.20. The maximum Gasteiger partial charge on any atom is 0.275 e. The van der Waals surface area contributed by atoms with Crippen molar-refractivity contribution >= 4 is 39.9 Å². The Balaban J connectivity index is 0.883. The number of piperidine rings is 1. The van der Waals surface area contributed by atoms with Crippen molar-refractivity contribution in [2.24, 2.45) is 5.92 Å². The van der Waals surface area contributed by atoms with E-state index in [1.807, 2.05) is 30.3 Å². The lowest BCUT2D eigenvalue weighted by molar-refractivity contribution is -0.136. The van der Waals surface area contributed by atoms with E-state index in [4.69, 9.17) is 0 Å². The monoisotopic (exact) mass is 611 g/mol. The molecule has 7 rings (SSSR count). The molecule has 3 aromatic rings. The minimum Gasteiger partial charge on any atom is -0.371 e. The van der Waals surface area contributed by atoms with E-state index in [1.54, 1.807) is 6.20 Å². The van der Waals surface area contributed by atoms with Crippen LogP contribution in [0.25, 0.3) is 10.8 Å². The second-order valence-electron chi connectivity index (χ2n) is 13.0. The minimum atomic E-state index is -0.764. The van der Waals surface area contributed by atoms with Gasteiger partial charge >= 0.3 is 0 Å². The average molecular weight is 612 g/mol. The Hall–Kier alpha value is -4.25. The Kier molecular flexibility index (Phi) is 8.27. The summed E-state index contributed by atoms with van der Waals surface area (Å²) in [6.45, 7) is 6.92. The summed E-state index contributed by atoms with van der Waals surface area (Å²) >= 11 is 0. The molecule has 3 aliphatic heterocycles. The number of fused-ring (bicyclic) bond motifs is 1. The van der Waals surface area contributed by atoms with Gasteiger partial charge in [-0.3, -0.25) is 29.4 Å². The molecule has 11 nitrogen and oxygen atoms in total. The third-order valence-electron chi connectivity index (χ3n) is 9.95. The number of anilines is 2. The zero-order chi connectivity index (χ0) is 30.9. The molecule has 3 amide bonds. The Bertz CT molecular complexity index is 1630. The van der Waals surface area contributed by atoms with E-state index < -0.39 is 11.9 Å². The summed E-state index contributed by atoms with van der Waals surface area (Å²) in [6.07, 6.45) is 7.99. The van der Waals surface area contributed by atoms with E-state index in [9.17, 15) is 19.2 Å². The van der Waals surface area contributed by atoms with Gasteiger partial charge in [0.25, 0.3) is 17.4 Å². The highest BCUT2D eigenvalue weighted by atomic mass is 16.2. The first kappa shape index (κ1) is 29.5. The van der Waals surface area contributed by atoms with Gasteiger partial charge in [0.15, 0.2) is 0 Å². The van der Waals surface area contributed by atoms with Crippen molar-refractivity contribution in [3.63, 3.8) is 0 Å². The fourth-order valence-corrected chi connectivity index (χ4v) is 7.28. The van der Waals surface area contributed by atoms with Crippen molar-refractivity contribution in [1.29, 1.82) is 0 Å². The molecule has 1 saturated carbocycles. The molecule has 4 fully saturated rings. The standard InChI is InChI=1S/C34H41N7O4/c42-31-13-12-30(33(44)37-31)41-34(45)29-11-10-28(18-25(29)19-35-41)39-16-14-38(15-17-39)20-23-21-40(22-23)27-8-6-24(7-9-27)32(43)36-26-4-2-1-3-5-26/h6-11,18-19,23,26,30H,1-5,12-17,20-22H2,(H,36,43)(H,37,42,44). The molecule has 2 N–H and O–H groups in total. The lowest BCUT2D eigenvalue weighted by Gasteiger charge is -2.45. The number of nitrogens with zero attached hydrogens (tertiary/aromatic N) is 5. The summed E-state index contributed by atoms with van der Waals surface area (Å²) in [5, 5.41) is 11.1. The van der Waals surface area contributed by atoms with Gasteiger partial charge in [-0.2, -0.15) is 5.10 Å². The van der Waals surface area contributed by atoms with Gasteiger partial charge in [0.2, 0.25) is 5.91 Å². The molecule has 4 aliphatic rings. The zero-order valence-electron chi connectivity index (χ0n) is 25.6. The number of nitrogens with one attached hydrogen (secondary N) is 2. The van der Waals surface area contributed by atoms with E-state index >= 15 is 0 Å². The quantitative estimate of drug-likeness (QED) is 0.392. The van der Waals surface area contributed by atoms with Crippen molar-refractivity contribution in [3.8, 4) is 0 Å². The number of amides is 3. The highest BCUT2D eigenvalue weighted by molar-refractivity contribution is 5.99. The summed E-state index contributed by atoms with van der Waals surface area (Å²) in [7, 11) is 0. The van der Waals surface area contributed by atoms with Crippen LogP contribution in [0.4, 0.5) is 11.4 Å². The molecule has 1 aromatic heterocycles. The van der Waals surface area contributed by atoms with Crippen LogP contribution in [0.15, 0.2) is 53.5 Å². The molecule has 3 saturated heterocycles. The predicted octanol–water partition coefficient (Wildman–Crippen LogP) is 2.70. The van der Waals surface area contributed by atoms with Crippen molar-refractivity contribution in [1.82, 2.24) is 25.3 Å². The largest absolute Gasteiger partial charge is 0.371 e. The molecule has 0 bridgehead atoms. The van der Waals surface area contributed by atoms with Crippen LogP contribution in [0.1, 0.15) is 61.3 Å². The average Bonchev–Trinajstić information content (AvgIpc) is 3.04. The molecular formula is C34H41N7O4. The number of hydrogen-bond acceptors (Lipinski definition) is 8. The molecule has 45 heavy (non-hydrogen) atoms. The highest BCUT2D eigenvalue weighted by Gasteiger charge is 2.31. The molecule has 236 valence electrons. The van der Waals surface area contributed by atoms with Crippen molar-refractivity contribution < 1.29 is 14.4 Å². The number of carbonyl (C=O) groups is 3. The fraction of sp³-hybridized carbons (Fsp3) is 0.500. The van der Waals surface area contributed by atoms with E-state index in [2.05, 4.69) is 42.6 Å². The van der Waals surface area contributed by atoms with Crippen LogP contribution in [0.3, 0.4) is 0 Å². The predicted molar refractivity (Wildman–Crippen MR) is 173 cm³/mol. The SMILES string of the molecule is O=C1CCC(n2ncc3cc(N4CCN(CC5CN(c6ccc(C(=O)NC7CCCCC7)cc6)C5)CC4)ccc3c2=O)C(=O)N1. The molecule has 11 heteroatoms. The fourth-order valence-electron chi connectivity index (χ4n) is 7.28. The molecule has 0 radical (unpaired) electrons. The summed E-state index contributed by atoms with van der Waals surface area (Å²) in [6, 6.07) is 13.4. The van der Waals surface area contributed by atoms with Crippen LogP contribution >= 0.6 is 0 Å². The van der Waals surface area contributed by atoms with E-state index in [0.29, 0.717) is 17.3 Å².